The first kappa shape index (κ1) is 25.8. The van der Waals surface area contributed by atoms with Gasteiger partial charge in [0.25, 0.3) is 0 Å². The molecule has 0 unspecified atom stereocenters. The molecule has 0 atom stereocenters. The Morgan fingerprint density at radius 1 is 0.318 bits per heavy atom. The molecule has 2 heteroatoms. The largest absolute Gasteiger partial charge is 0.254 e. The summed E-state index contributed by atoms with van der Waals surface area (Å²) >= 11 is 0. The van der Waals surface area contributed by atoms with Crippen molar-refractivity contribution >= 4 is 21.8 Å². The van der Waals surface area contributed by atoms with Crippen LogP contribution in [0.5, 0.6) is 0 Å². The SMILES string of the molecule is c1ccc(-c2cc(-c3ccccc3)cc(-c3cc(-c4ccccc4)c4ccc5c(-c6ccccc6)ccnc5c4n3)c2)cc1. The first-order valence-electron chi connectivity index (χ1n) is 14.9. The van der Waals surface area contributed by atoms with Crippen molar-refractivity contribution in [1.82, 2.24) is 9.97 Å². The highest BCUT2D eigenvalue weighted by Gasteiger charge is 2.16. The molecule has 8 rings (SSSR count). The Hall–Kier alpha value is -5.86. The molecule has 0 fully saturated rings. The molecule has 44 heavy (non-hydrogen) atoms. The lowest BCUT2D eigenvalue weighted by molar-refractivity contribution is 1.37. The monoisotopic (exact) mass is 560 g/mol. The number of hydrogen-bond acceptors (Lipinski definition) is 2. The molecule has 8 aromatic rings. The van der Waals surface area contributed by atoms with E-state index in [1.807, 2.05) is 6.20 Å². The molecule has 0 N–H and O–H groups in total. The van der Waals surface area contributed by atoms with Crippen LogP contribution < -0.4 is 0 Å². The quantitative estimate of drug-likeness (QED) is 0.196. The highest BCUT2D eigenvalue weighted by atomic mass is 14.8. The maximum Gasteiger partial charge on any atom is 0.0978 e. The van der Waals surface area contributed by atoms with Crippen molar-refractivity contribution in [2.24, 2.45) is 0 Å². The van der Waals surface area contributed by atoms with Crippen LogP contribution in [0.2, 0.25) is 0 Å². The van der Waals surface area contributed by atoms with Gasteiger partial charge in [-0.3, -0.25) is 4.98 Å². The second-order valence-electron chi connectivity index (χ2n) is 11.0. The van der Waals surface area contributed by atoms with E-state index in [1.165, 1.54) is 16.7 Å². The molecular weight excluding hydrogens is 532 g/mol. The molecule has 0 aliphatic rings. The topological polar surface area (TPSA) is 25.8 Å². The van der Waals surface area contributed by atoms with Crippen molar-refractivity contribution in [3.8, 4) is 55.8 Å². The molecule has 6 aromatic carbocycles. The summed E-state index contributed by atoms with van der Waals surface area (Å²) in [5, 5.41) is 2.19. The summed E-state index contributed by atoms with van der Waals surface area (Å²) in [6, 6.07) is 57.8. The highest BCUT2D eigenvalue weighted by molar-refractivity contribution is 6.12. The standard InChI is InChI=1S/C42H28N2/c1-5-13-29(14-6-1)33-25-34(30-15-7-2-8-16-30)27-35(26-33)40-28-39(32-19-11-4-12-20-32)38-22-21-37-36(31-17-9-3-10-18-31)23-24-43-41(37)42(38)44-40/h1-28H. The van der Waals surface area contributed by atoms with Crippen molar-refractivity contribution < 1.29 is 0 Å². The lowest BCUT2D eigenvalue weighted by Gasteiger charge is -2.15. The molecule has 0 amide bonds. The van der Waals surface area contributed by atoms with Crippen LogP contribution in [0.4, 0.5) is 0 Å². The van der Waals surface area contributed by atoms with E-state index in [1.54, 1.807) is 0 Å². The summed E-state index contributed by atoms with van der Waals surface area (Å²) in [7, 11) is 0. The summed E-state index contributed by atoms with van der Waals surface area (Å²) in [5.74, 6) is 0. The van der Waals surface area contributed by atoms with Gasteiger partial charge in [-0.25, -0.2) is 4.98 Å². The van der Waals surface area contributed by atoms with Crippen LogP contribution in [-0.4, -0.2) is 9.97 Å². The van der Waals surface area contributed by atoms with Crippen LogP contribution in [0.15, 0.2) is 170 Å². The minimum atomic E-state index is 0.906. The molecule has 2 aromatic heterocycles. The average molecular weight is 561 g/mol. The third-order valence-electron chi connectivity index (χ3n) is 8.30. The maximum atomic E-state index is 5.40. The number of hydrogen-bond donors (Lipinski definition) is 0. The Balaban J connectivity index is 1.43. The molecule has 0 radical (unpaired) electrons. The van der Waals surface area contributed by atoms with E-state index in [-0.39, 0.29) is 0 Å². The van der Waals surface area contributed by atoms with Gasteiger partial charge in [0, 0.05) is 22.5 Å². The van der Waals surface area contributed by atoms with Gasteiger partial charge < -0.3 is 0 Å². The normalized spacial score (nSPS) is 11.2. The van der Waals surface area contributed by atoms with E-state index >= 15 is 0 Å². The third kappa shape index (κ3) is 4.73. The summed E-state index contributed by atoms with van der Waals surface area (Å²) in [6.07, 6.45) is 1.91. The van der Waals surface area contributed by atoms with E-state index in [0.717, 1.165) is 60.9 Å². The number of rotatable bonds is 5. The minimum Gasteiger partial charge on any atom is -0.254 e. The Morgan fingerprint density at radius 3 is 1.32 bits per heavy atom. The van der Waals surface area contributed by atoms with Crippen LogP contribution in [0.25, 0.3) is 77.6 Å². The van der Waals surface area contributed by atoms with Gasteiger partial charge in [-0.2, -0.15) is 0 Å². The molecule has 0 aliphatic heterocycles. The van der Waals surface area contributed by atoms with Crippen LogP contribution in [0, 0.1) is 0 Å². The summed E-state index contributed by atoms with van der Waals surface area (Å²) in [5.41, 5.74) is 13.1. The molecule has 0 saturated heterocycles. The molecule has 2 nitrogen and oxygen atoms in total. The number of aromatic nitrogens is 2. The zero-order valence-electron chi connectivity index (χ0n) is 24.1. The number of benzene rings is 6. The predicted octanol–water partition coefficient (Wildman–Crippen LogP) is 11.1. The first-order chi connectivity index (χ1) is 21.8. The second-order valence-corrected chi connectivity index (χ2v) is 11.0. The van der Waals surface area contributed by atoms with Gasteiger partial charge in [-0.1, -0.05) is 133 Å². The Morgan fingerprint density at radius 2 is 0.773 bits per heavy atom. The second kappa shape index (κ2) is 11.1. The smallest absolute Gasteiger partial charge is 0.0978 e. The summed E-state index contributed by atoms with van der Waals surface area (Å²) in [4.78, 5) is 10.3. The first-order valence-corrected chi connectivity index (χ1v) is 14.9. The molecule has 2 heterocycles. The number of pyridine rings is 2. The Bertz CT molecular complexity index is 2180. The van der Waals surface area contributed by atoms with Gasteiger partial charge in [0.2, 0.25) is 0 Å². The number of nitrogens with zero attached hydrogens (tertiary/aromatic N) is 2. The molecular formula is C42H28N2. The fourth-order valence-electron chi connectivity index (χ4n) is 6.15. The highest BCUT2D eigenvalue weighted by Crippen LogP contribution is 2.39. The van der Waals surface area contributed by atoms with E-state index in [2.05, 4.69) is 164 Å². The van der Waals surface area contributed by atoms with Crippen molar-refractivity contribution in [3.05, 3.63) is 170 Å². The van der Waals surface area contributed by atoms with Crippen LogP contribution in [-0.2, 0) is 0 Å². The third-order valence-corrected chi connectivity index (χ3v) is 8.30. The predicted molar refractivity (Wildman–Crippen MR) is 184 cm³/mol. The molecule has 0 bridgehead atoms. The lowest BCUT2D eigenvalue weighted by atomic mass is 9.92. The molecule has 206 valence electrons. The van der Waals surface area contributed by atoms with Crippen molar-refractivity contribution in [2.45, 2.75) is 0 Å². The van der Waals surface area contributed by atoms with Gasteiger partial charge in [0.15, 0.2) is 0 Å². The van der Waals surface area contributed by atoms with E-state index in [0.29, 0.717) is 0 Å². The lowest BCUT2D eigenvalue weighted by Crippen LogP contribution is -1.94. The summed E-state index contributed by atoms with van der Waals surface area (Å²) in [6.45, 7) is 0. The van der Waals surface area contributed by atoms with Gasteiger partial charge in [0.1, 0.15) is 0 Å². The van der Waals surface area contributed by atoms with Gasteiger partial charge >= 0.3 is 0 Å². The average Bonchev–Trinajstić information content (AvgIpc) is 3.12. The van der Waals surface area contributed by atoms with E-state index in [4.69, 9.17) is 9.97 Å². The Labute approximate surface area is 257 Å². The van der Waals surface area contributed by atoms with E-state index in [9.17, 15) is 0 Å². The fourth-order valence-corrected chi connectivity index (χ4v) is 6.15. The number of fused-ring (bicyclic) bond motifs is 3. The van der Waals surface area contributed by atoms with Gasteiger partial charge in [-0.15, -0.1) is 0 Å². The van der Waals surface area contributed by atoms with Gasteiger partial charge in [-0.05, 0) is 74.8 Å². The zero-order valence-corrected chi connectivity index (χ0v) is 24.1. The molecule has 0 saturated carbocycles. The van der Waals surface area contributed by atoms with Crippen molar-refractivity contribution in [2.75, 3.05) is 0 Å². The molecule has 0 aliphatic carbocycles. The zero-order chi connectivity index (χ0) is 29.3. The fraction of sp³-hybridized carbons (Fsp3) is 0. The minimum absolute atomic E-state index is 0.906. The van der Waals surface area contributed by atoms with Crippen LogP contribution >= 0.6 is 0 Å². The van der Waals surface area contributed by atoms with E-state index < -0.39 is 0 Å². The van der Waals surface area contributed by atoms with Crippen molar-refractivity contribution in [1.29, 1.82) is 0 Å². The summed E-state index contributed by atoms with van der Waals surface area (Å²) < 4.78 is 0. The Kier molecular flexibility index (Phi) is 6.51. The maximum absolute atomic E-state index is 5.40. The van der Waals surface area contributed by atoms with Crippen LogP contribution in [0.3, 0.4) is 0 Å². The van der Waals surface area contributed by atoms with Crippen LogP contribution in [0.1, 0.15) is 0 Å². The molecule has 0 spiro atoms. The van der Waals surface area contributed by atoms with Gasteiger partial charge in [0.05, 0.1) is 16.7 Å². The van der Waals surface area contributed by atoms with Crippen molar-refractivity contribution in [3.63, 3.8) is 0 Å².